The summed E-state index contributed by atoms with van der Waals surface area (Å²) in [6.07, 6.45) is 0.688. The van der Waals surface area contributed by atoms with Gasteiger partial charge in [-0.25, -0.2) is 0 Å². The Morgan fingerprint density at radius 1 is 1.31 bits per heavy atom. The lowest BCUT2D eigenvalue weighted by Gasteiger charge is -2.08. The Labute approximate surface area is 79.2 Å². The average Bonchev–Trinajstić information content (AvgIpc) is 2.09. The van der Waals surface area contributed by atoms with Crippen molar-refractivity contribution >= 4 is 0 Å². The zero-order valence-electron chi connectivity index (χ0n) is 8.21. The molecule has 72 valence electrons. The van der Waals surface area contributed by atoms with Crippen LogP contribution in [0.2, 0.25) is 0 Å². The Balaban J connectivity index is 2.56. The molecule has 0 radical (unpaired) electrons. The SMILES string of the molecule is Cc1ccc(OCCCO)c(C)c1. The monoisotopic (exact) mass is 180 g/mol. The lowest BCUT2D eigenvalue weighted by Crippen LogP contribution is -2.00. The topological polar surface area (TPSA) is 29.5 Å². The third kappa shape index (κ3) is 3.07. The van der Waals surface area contributed by atoms with Crippen LogP contribution in [-0.4, -0.2) is 18.3 Å². The summed E-state index contributed by atoms with van der Waals surface area (Å²) in [7, 11) is 0. The second kappa shape index (κ2) is 4.87. The molecule has 2 nitrogen and oxygen atoms in total. The summed E-state index contributed by atoms with van der Waals surface area (Å²) in [5.74, 6) is 0.916. The first-order valence-corrected chi connectivity index (χ1v) is 4.55. The quantitative estimate of drug-likeness (QED) is 0.719. The second-order valence-corrected chi connectivity index (χ2v) is 3.19. The highest BCUT2D eigenvalue weighted by Gasteiger charge is 1.98. The molecule has 0 aliphatic rings. The molecular weight excluding hydrogens is 164 g/mol. The van der Waals surface area contributed by atoms with Crippen LogP contribution >= 0.6 is 0 Å². The van der Waals surface area contributed by atoms with Crippen molar-refractivity contribution in [3.8, 4) is 5.75 Å². The predicted molar refractivity (Wildman–Crippen MR) is 53.1 cm³/mol. The van der Waals surface area contributed by atoms with Crippen LogP contribution in [0.3, 0.4) is 0 Å². The molecular formula is C11H16O2. The molecule has 1 aromatic rings. The molecule has 2 heteroatoms. The Kier molecular flexibility index (Phi) is 3.77. The molecule has 0 bridgehead atoms. The zero-order valence-corrected chi connectivity index (χ0v) is 8.21. The first-order chi connectivity index (χ1) is 6.24. The largest absolute Gasteiger partial charge is 0.493 e. The summed E-state index contributed by atoms with van der Waals surface area (Å²) in [5, 5.41) is 8.58. The van der Waals surface area contributed by atoms with E-state index in [1.165, 1.54) is 5.56 Å². The molecule has 0 heterocycles. The van der Waals surface area contributed by atoms with E-state index in [0.717, 1.165) is 11.3 Å². The lowest BCUT2D eigenvalue weighted by atomic mass is 10.1. The molecule has 1 rings (SSSR count). The van der Waals surface area contributed by atoms with Crippen molar-refractivity contribution in [2.45, 2.75) is 20.3 Å². The minimum absolute atomic E-state index is 0.185. The number of ether oxygens (including phenoxy) is 1. The smallest absolute Gasteiger partial charge is 0.122 e. The van der Waals surface area contributed by atoms with E-state index in [0.29, 0.717) is 13.0 Å². The average molecular weight is 180 g/mol. The molecule has 0 aliphatic heterocycles. The van der Waals surface area contributed by atoms with Crippen LogP contribution in [0.1, 0.15) is 17.5 Å². The fraction of sp³-hybridized carbons (Fsp3) is 0.455. The number of rotatable bonds is 4. The molecule has 0 amide bonds. The van der Waals surface area contributed by atoms with Crippen LogP contribution < -0.4 is 4.74 Å². The van der Waals surface area contributed by atoms with Crippen LogP contribution in [0.25, 0.3) is 0 Å². The van der Waals surface area contributed by atoms with E-state index >= 15 is 0 Å². The van der Waals surface area contributed by atoms with Gasteiger partial charge in [-0.3, -0.25) is 0 Å². The summed E-state index contributed by atoms with van der Waals surface area (Å²) in [6.45, 7) is 4.86. The zero-order chi connectivity index (χ0) is 9.68. The first kappa shape index (κ1) is 10.1. The van der Waals surface area contributed by atoms with Gasteiger partial charge >= 0.3 is 0 Å². The molecule has 1 N–H and O–H groups in total. The third-order valence-corrected chi connectivity index (χ3v) is 1.89. The van der Waals surface area contributed by atoms with Gasteiger partial charge in [0.1, 0.15) is 5.75 Å². The first-order valence-electron chi connectivity index (χ1n) is 4.55. The Morgan fingerprint density at radius 3 is 2.69 bits per heavy atom. The normalized spacial score (nSPS) is 10.1. The van der Waals surface area contributed by atoms with E-state index in [-0.39, 0.29) is 6.61 Å². The summed E-state index contributed by atoms with van der Waals surface area (Å²) in [5.41, 5.74) is 2.39. The number of hydrogen-bond acceptors (Lipinski definition) is 2. The summed E-state index contributed by atoms with van der Waals surface area (Å²) in [6, 6.07) is 6.09. The fourth-order valence-corrected chi connectivity index (χ4v) is 1.21. The van der Waals surface area contributed by atoms with Crippen molar-refractivity contribution < 1.29 is 9.84 Å². The molecule has 1 aromatic carbocycles. The van der Waals surface area contributed by atoms with Crippen LogP contribution in [0.5, 0.6) is 5.75 Å². The van der Waals surface area contributed by atoms with Gasteiger partial charge in [0.05, 0.1) is 6.61 Å². The molecule has 0 saturated heterocycles. The van der Waals surface area contributed by atoms with Crippen molar-refractivity contribution in [3.63, 3.8) is 0 Å². The number of aliphatic hydroxyl groups is 1. The highest BCUT2D eigenvalue weighted by molar-refractivity contribution is 5.35. The number of hydrogen-bond donors (Lipinski definition) is 1. The summed E-state index contributed by atoms with van der Waals surface area (Å²) < 4.78 is 5.47. The lowest BCUT2D eigenvalue weighted by molar-refractivity contribution is 0.233. The van der Waals surface area contributed by atoms with Gasteiger partial charge in [0.2, 0.25) is 0 Å². The Hall–Kier alpha value is -1.02. The van der Waals surface area contributed by atoms with Crippen molar-refractivity contribution in [2.24, 2.45) is 0 Å². The molecule has 0 aromatic heterocycles. The molecule has 13 heavy (non-hydrogen) atoms. The maximum absolute atomic E-state index is 8.58. The van der Waals surface area contributed by atoms with E-state index in [1.54, 1.807) is 0 Å². The molecule has 0 aliphatic carbocycles. The molecule has 0 unspecified atom stereocenters. The van der Waals surface area contributed by atoms with Gasteiger partial charge in [-0.1, -0.05) is 17.7 Å². The van der Waals surface area contributed by atoms with Crippen molar-refractivity contribution in [1.29, 1.82) is 0 Å². The van der Waals surface area contributed by atoms with Gasteiger partial charge in [-0.15, -0.1) is 0 Å². The molecule has 0 atom stereocenters. The standard InChI is InChI=1S/C11H16O2/c1-9-4-5-11(10(2)8-9)13-7-3-6-12/h4-5,8,12H,3,6-7H2,1-2H3. The second-order valence-electron chi connectivity index (χ2n) is 3.19. The number of benzene rings is 1. The van der Waals surface area contributed by atoms with Gasteiger partial charge in [-0.05, 0) is 25.5 Å². The van der Waals surface area contributed by atoms with Gasteiger partial charge < -0.3 is 9.84 Å². The van der Waals surface area contributed by atoms with E-state index in [9.17, 15) is 0 Å². The van der Waals surface area contributed by atoms with E-state index in [1.807, 2.05) is 19.1 Å². The van der Waals surface area contributed by atoms with Crippen molar-refractivity contribution in [3.05, 3.63) is 29.3 Å². The Morgan fingerprint density at radius 2 is 2.08 bits per heavy atom. The molecule has 0 saturated carbocycles. The van der Waals surface area contributed by atoms with Crippen LogP contribution in [0.15, 0.2) is 18.2 Å². The van der Waals surface area contributed by atoms with E-state index in [4.69, 9.17) is 9.84 Å². The van der Waals surface area contributed by atoms with Gasteiger partial charge in [0.25, 0.3) is 0 Å². The maximum atomic E-state index is 8.58. The van der Waals surface area contributed by atoms with Crippen LogP contribution in [0, 0.1) is 13.8 Å². The highest BCUT2D eigenvalue weighted by Crippen LogP contribution is 2.18. The molecule has 0 fully saturated rings. The van der Waals surface area contributed by atoms with E-state index in [2.05, 4.69) is 13.0 Å². The van der Waals surface area contributed by atoms with Gasteiger partial charge in [0, 0.05) is 13.0 Å². The number of aliphatic hydroxyl groups excluding tert-OH is 1. The van der Waals surface area contributed by atoms with Crippen LogP contribution in [-0.2, 0) is 0 Å². The Bertz CT molecular complexity index is 269. The summed E-state index contributed by atoms with van der Waals surface area (Å²) >= 11 is 0. The minimum Gasteiger partial charge on any atom is -0.493 e. The molecule has 0 spiro atoms. The van der Waals surface area contributed by atoms with Gasteiger partial charge in [0.15, 0.2) is 0 Å². The van der Waals surface area contributed by atoms with Crippen molar-refractivity contribution in [2.75, 3.05) is 13.2 Å². The van der Waals surface area contributed by atoms with Crippen molar-refractivity contribution in [1.82, 2.24) is 0 Å². The minimum atomic E-state index is 0.185. The highest BCUT2D eigenvalue weighted by atomic mass is 16.5. The number of aryl methyl sites for hydroxylation is 2. The van der Waals surface area contributed by atoms with E-state index < -0.39 is 0 Å². The van der Waals surface area contributed by atoms with Crippen LogP contribution in [0.4, 0.5) is 0 Å². The predicted octanol–water partition coefficient (Wildman–Crippen LogP) is 2.06. The summed E-state index contributed by atoms with van der Waals surface area (Å²) in [4.78, 5) is 0. The third-order valence-electron chi connectivity index (χ3n) is 1.89. The fourth-order valence-electron chi connectivity index (χ4n) is 1.21. The maximum Gasteiger partial charge on any atom is 0.122 e. The van der Waals surface area contributed by atoms with Gasteiger partial charge in [-0.2, -0.15) is 0 Å².